The first-order valence-corrected chi connectivity index (χ1v) is 8.43. The molecule has 0 aromatic heterocycles. The monoisotopic (exact) mass is 339 g/mol. The average Bonchev–Trinajstić information content (AvgIpc) is 2.66. The van der Waals surface area contributed by atoms with Gasteiger partial charge in [-0.05, 0) is 63.0 Å². The normalized spacial score (nSPS) is 24.4. The molecular formula is C16H26BrN3. The highest BCUT2D eigenvalue weighted by molar-refractivity contribution is 9.10. The molecule has 1 aliphatic heterocycles. The number of halogens is 1. The molecule has 0 radical (unpaired) electrons. The first-order valence-electron chi connectivity index (χ1n) is 7.64. The zero-order chi connectivity index (χ0) is 14.4. The lowest BCUT2D eigenvalue weighted by Crippen LogP contribution is -2.46. The van der Waals surface area contributed by atoms with E-state index in [9.17, 15) is 0 Å². The topological polar surface area (TPSA) is 41.3 Å². The Morgan fingerprint density at radius 2 is 2.00 bits per heavy atom. The van der Waals surface area contributed by atoms with Crippen LogP contribution in [0.3, 0.4) is 0 Å². The summed E-state index contributed by atoms with van der Waals surface area (Å²) in [7, 11) is 0. The van der Waals surface area contributed by atoms with E-state index in [4.69, 9.17) is 5.73 Å². The van der Waals surface area contributed by atoms with Gasteiger partial charge in [0.2, 0.25) is 0 Å². The van der Waals surface area contributed by atoms with Gasteiger partial charge in [0.1, 0.15) is 0 Å². The molecule has 3 nitrogen and oxygen atoms in total. The lowest BCUT2D eigenvalue weighted by atomic mass is 9.90. The van der Waals surface area contributed by atoms with Crippen molar-refractivity contribution in [1.29, 1.82) is 0 Å². The third kappa shape index (κ3) is 4.21. The number of benzene rings is 1. The Hall–Kier alpha value is -0.580. The van der Waals surface area contributed by atoms with Gasteiger partial charge in [0, 0.05) is 23.2 Å². The van der Waals surface area contributed by atoms with E-state index in [1.165, 1.54) is 31.6 Å². The standard InChI is InChI=1S/C16H26BrN3/c1-2-10-20-11-3-8-16(13-18,9-12-20)19-15-6-4-14(17)5-7-15/h4-7,19H,2-3,8-13,18H2,1H3. The maximum Gasteiger partial charge on any atom is 0.0508 e. The minimum Gasteiger partial charge on any atom is -0.378 e. The largest absolute Gasteiger partial charge is 0.378 e. The maximum atomic E-state index is 6.11. The van der Waals surface area contributed by atoms with E-state index in [0.29, 0.717) is 6.54 Å². The molecule has 0 bridgehead atoms. The highest BCUT2D eigenvalue weighted by Gasteiger charge is 2.31. The predicted octanol–water partition coefficient (Wildman–Crippen LogP) is 3.45. The summed E-state index contributed by atoms with van der Waals surface area (Å²) in [6.07, 6.45) is 4.73. The SMILES string of the molecule is CCCN1CCCC(CN)(Nc2ccc(Br)cc2)CC1. The first kappa shape index (κ1) is 15.8. The molecule has 1 atom stereocenters. The van der Waals surface area contributed by atoms with Crippen molar-refractivity contribution in [3.8, 4) is 0 Å². The summed E-state index contributed by atoms with van der Waals surface area (Å²) in [6, 6.07) is 8.39. The average molecular weight is 340 g/mol. The molecule has 0 aliphatic carbocycles. The van der Waals surface area contributed by atoms with E-state index < -0.39 is 0 Å². The second-order valence-corrected chi connectivity index (χ2v) is 6.73. The van der Waals surface area contributed by atoms with Gasteiger partial charge in [0.15, 0.2) is 0 Å². The van der Waals surface area contributed by atoms with Crippen molar-refractivity contribution in [2.24, 2.45) is 5.73 Å². The molecule has 1 unspecified atom stereocenters. The number of rotatable bonds is 5. The van der Waals surface area contributed by atoms with Crippen LogP contribution in [0.5, 0.6) is 0 Å². The number of likely N-dealkylation sites (tertiary alicyclic amines) is 1. The van der Waals surface area contributed by atoms with Crippen LogP contribution in [-0.2, 0) is 0 Å². The summed E-state index contributed by atoms with van der Waals surface area (Å²) in [5.41, 5.74) is 7.34. The number of nitrogens with zero attached hydrogens (tertiary/aromatic N) is 1. The molecule has 1 heterocycles. The van der Waals surface area contributed by atoms with E-state index >= 15 is 0 Å². The van der Waals surface area contributed by atoms with Crippen LogP contribution in [-0.4, -0.2) is 36.6 Å². The van der Waals surface area contributed by atoms with Gasteiger partial charge in [0.05, 0.1) is 5.54 Å². The molecule has 1 aromatic rings. The molecule has 112 valence electrons. The highest BCUT2D eigenvalue weighted by atomic mass is 79.9. The molecule has 20 heavy (non-hydrogen) atoms. The minimum atomic E-state index is 0.0519. The van der Waals surface area contributed by atoms with Gasteiger partial charge >= 0.3 is 0 Å². The minimum absolute atomic E-state index is 0.0519. The maximum absolute atomic E-state index is 6.11. The van der Waals surface area contributed by atoms with Crippen LogP contribution < -0.4 is 11.1 Å². The smallest absolute Gasteiger partial charge is 0.0508 e. The van der Waals surface area contributed by atoms with Gasteiger partial charge in [-0.15, -0.1) is 0 Å². The fraction of sp³-hybridized carbons (Fsp3) is 0.625. The number of hydrogen-bond acceptors (Lipinski definition) is 3. The summed E-state index contributed by atoms with van der Waals surface area (Å²) in [5, 5.41) is 3.70. The zero-order valence-electron chi connectivity index (χ0n) is 12.4. The van der Waals surface area contributed by atoms with Crippen molar-refractivity contribution in [3.05, 3.63) is 28.7 Å². The predicted molar refractivity (Wildman–Crippen MR) is 90.1 cm³/mol. The molecular weight excluding hydrogens is 314 g/mol. The summed E-state index contributed by atoms with van der Waals surface area (Å²) in [4.78, 5) is 2.57. The molecule has 1 aliphatic rings. The summed E-state index contributed by atoms with van der Waals surface area (Å²) in [6.45, 7) is 6.51. The quantitative estimate of drug-likeness (QED) is 0.863. The van der Waals surface area contributed by atoms with E-state index in [-0.39, 0.29) is 5.54 Å². The van der Waals surface area contributed by atoms with Gasteiger partial charge < -0.3 is 16.0 Å². The fourth-order valence-corrected chi connectivity index (χ4v) is 3.27. The molecule has 4 heteroatoms. The van der Waals surface area contributed by atoms with Crippen LogP contribution in [0.2, 0.25) is 0 Å². The third-order valence-electron chi connectivity index (χ3n) is 4.22. The molecule has 1 saturated heterocycles. The van der Waals surface area contributed by atoms with E-state index in [2.05, 4.69) is 57.3 Å². The Labute approximate surface area is 131 Å². The van der Waals surface area contributed by atoms with Crippen LogP contribution in [0.25, 0.3) is 0 Å². The molecule has 2 rings (SSSR count). The van der Waals surface area contributed by atoms with Gasteiger partial charge in [-0.1, -0.05) is 22.9 Å². The van der Waals surface area contributed by atoms with Gasteiger partial charge in [0.25, 0.3) is 0 Å². The van der Waals surface area contributed by atoms with Crippen LogP contribution in [0.1, 0.15) is 32.6 Å². The number of anilines is 1. The number of nitrogens with one attached hydrogen (secondary N) is 1. The van der Waals surface area contributed by atoms with Crippen LogP contribution >= 0.6 is 15.9 Å². The van der Waals surface area contributed by atoms with Crippen LogP contribution in [0.15, 0.2) is 28.7 Å². The number of nitrogens with two attached hydrogens (primary N) is 1. The van der Waals surface area contributed by atoms with Crippen molar-refractivity contribution >= 4 is 21.6 Å². The third-order valence-corrected chi connectivity index (χ3v) is 4.75. The summed E-state index contributed by atoms with van der Waals surface area (Å²) in [5.74, 6) is 0. The molecule has 0 amide bonds. The highest BCUT2D eigenvalue weighted by Crippen LogP contribution is 2.27. The van der Waals surface area contributed by atoms with E-state index in [1.807, 2.05) is 0 Å². The van der Waals surface area contributed by atoms with Gasteiger partial charge in [-0.2, -0.15) is 0 Å². The molecule has 1 fully saturated rings. The van der Waals surface area contributed by atoms with E-state index in [1.54, 1.807) is 0 Å². The van der Waals surface area contributed by atoms with Gasteiger partial charge in [-0.25, -0.2) is 0 Å². The van der Waals surface area contributed by atoms with Gasteiger partial charge in [-0.3, -0.25) is 0 Å². The summed E-state index contributed by atoms with van der Waals surface area (Å²) >= 11 is 3.48. The lowest BCUT2D eigenvalue weighted by Gasteiger charge is -2.34. The Bertz CT molecular complexity index is 407. The Morgan fingerprint density at radius 1 is 1.25 bits per heavy atom. The Morgan fingerprint density at radius 3 is 2.65 bits per heavy atom. The van der Waals surface area contributed by atoms with Crippen LogP contribution in [0, 0.1) is 0 Å². The van der Waals surface area contributed by atoms with Crippen molar-refractivity contribution in [2.75, 3.05) is 31.5 Å². The molecule has 0 saturated carbocycles. The second kappa shape index (κ2) is 7.43. The Kier molecular flexibility index (Phi) is 5.87. The fourth-order valence-electron chi connectivity index (χ4n) is 3.01. The first-order chi connectivity index (χ1) is 9.67. The zero-order valence-corrected chi connectivity index (χ0v) is 14.0. The van der Waals surface area contributed by atoms with Crippen molar-refractivity contribution in [2.45, 2.75) is 38.1 Å². The van der Waals surface area contributed by atoms with Crippen LogP contribution in [0.4, 0.5) is 5.69 Å². The van der Waals surface area contributed by atoms with E-state index in [0.717, 1.165) is 23.9 Å². The number of hydrogen-bond donors (Lipinski definition) is 2. The van der Waals surface area contributed by atoms with Crippen molar-refractivity contribution < 1.29 is 0 Å². The molecule has 3 N–H and O–H groups in total. The molecule has 0 spiro atoms. The second-order valence-electron chi connectivity index (χ2n) is 5.81. The van der Waals surface area contributed by atoms with Crippen molar-refractivity contribution in [3.63, 3.8) is 0 Å². The Balaban J connectivity index is 2.03. The lowest BCUT2D eigenvalue weighted by molar-refractivity contribution is 0.279. The molecule has 1 aromatic carbocycles. The summed E-state index contributed by atoms with van der Waals surface area (Å²) < 4.78 is 1.11. The van der Waals surface area contributed by atoms with Crippen molar-refractivity contribution in [1.82, 2.24) is 4.90 Å².